The molecule has 1 fully saturated rings. The van der Waals surface area contributed by atoms with Crippen molar-refractivity contribution in [3.8, 4) is 0 Å². The molecule has 25 heavy (non-hydrogen) atoms. The molecule has 2 aromatic rings. The average Bonchev–Trinajstić information content (AvgIpc) is 3.02. The highest BCUT2D eigenvalue weighted by Gasteiger charge is 2.37. The average molecular weight is 350 g/mol. The van der Waals surface area contributed by atoms with Gasteiger partial charge in [-0.25, -0.2) is 0 Å². The molecule has 1 saturated heterocycles. The number of halogens is 2. The Bertz CT molecular complexity index is 733. The van der Waals surface area contributed by atoms with E-state index in [1.165, 1.54) is 24.0 Å². The van der Waals surface area contributed by atoms with Crippen molar-refractivity contribution in [2.45, 2.75) is 25.6 Å². The van der Waals surface area contributed by atoms with Gasteiger partial charge in [0.25, 0.3) is 5.91 Å². The van der Waals surface area contributed by atoms with Crippen LogP contribution in [0.25, 0.3) is 0 Å². The van der Waals surface area contributed by atoms with Gasteiger partial charge in [-0.3, -0.25) is 9.36 Å². The number of alkyl halides is 2. The number of rotatable bonds is 4. The minimum Gasteiger partial charge on any atom is -0.394 e. The molecular weight excluding hydrogens is 330 g/mol. The summed E-state index contributed by atoms with van der Waals surface area (Å²) in [7, 11) is 0. The maximum atomic E-state index is 13.3. The fourth-order valence-electron chi connectivity index (χ4n) is 3.29. The van der Waals surface area contributed by atoms with Crippen molar-refractivity contribution >= 4 is 5.91 Å². The van der Waals surface area contributed by atoms with Gasteiger partial charge in [0.15, 0.2) is 0 Å². The molecule has 1 amide bonds. The number of hydrogen-bond donors (Lipinski definition) is 1. The van der Waals surface area contributed by atoms with Crippen LogP contribution in [0.1, 0.15) is 34.3 Å². The number of amides is 1. The van der Waals surface area contributed by atoms with E-state index < -0.39 is 24.6 Å². The maximum absolute atomic E-state index is 13.3. The molecular formula is C18H20F2N2O3. The van der Waals surface area contributed by atoms with Crippen molar-refractivity contribution in [2.75, 3.05) is 19.8 Å². The van der Waals surface area contributed by atoms with Gasteiger partial charge < -0.3 is 14.7 Å². The van der Waals surface area contributed by atoms with Crippen LogP contribution in [0.2, 0.25) is 0 Å². The summed E-state index contributed by atoms with van der Waals surface area (Å²) in [6.07, 6.45) is -0.601. The predicted molar refractivity (Wildman–Crippen MR) is 87.5 cm³/mol. The molecule has 0 saturated carbocycles. The number of aryl methyl sites for hydroxylation is 1. The molecule has 2 heterocycles. The lowest BCUT2D eigenvalue weighted by Gasteiger charge is -2.41. The highest BCUT2D eigenvalue weighted by Crippen LogP contribution is 2.32. The molecule has 1 aliphatic heterocycles. The molecule has 5 nitrogen and oxygen atoms in total. The molecule has 2 atom stereocenters. The monoisotopic (exact) mass is 350 g/mol. The Kier molecular flexibility index (Phi) is 5.15. The number of carbonyl (C=O) groups is 1. The van der Waals surface area contributed by atoms with Gasteiger partial charge in [-0.15, -0.1) is 0 Å². The maximum Gasteiger partial charge on any atom is 0.319 e. The van der Waals surface area contributed by atoms with Crippen LogP contribution in [0.5, 0.6) is 0 Å². The summed E-state index contributed by atoms with van der Waals surface area (Å²) < 4.78 is 33.0. The van der Waals surface area contributed by atoms with Gasteiger partial charge in [-0.05, 0) is 24.6 Å². The van der Waals surface area contributed by atoms with Crippen LogP contribution in [0.15, 0.2) is 42.5 Å². The summed E-state index contributed by atoms with van der Waals surface area (Å²) in [5, 5.41) is 9.65. The van der Waals surface area contributed by atoms with E-state index in [0.29, 0.717) is 5.69 Å². The molecule has 1 aromatic carbocycles. The molecule has 0 aliphatic carbocycles. The van der Waals surface area contributed by atoms with Gasteiger partial charge in [-0.2, -0.15) is 8.78 Å². The van der Waals surface area contributed by atoms with Crippen LogP contribution in [-0.2, 0) is 4.74 Å². The Balaban J connectivity index is 2.00. The summed E-state index contributed by atoms with van der Waals surface area (Å²) in [5.41, 5.74) is 1.05. The van der Waals surface area contributed by atoms with Crippen LogP contribution >= 0.6 is 0 Å². The van der Waals surface area contributed by atoms with E-state index in [9.17, 15) is 18.7 Å². The van der Waals surface area contributed by atoms with Crippen LogP contribution < -0.4 is 0 Å². The number of carbonyl (C=O) groups excluding carboxylic acids is 1. The van der Waals surface area contributed by atoms with Crippen molar-refractivity contribution in [3.05, 3.63) is 59.4 Å². The topological polar surface area (TPSA) is 54.7 Å². The number of hydrogen-bond acceptors (Lipinski definition) is 3. The first-order chi connectivity index (χ1) is 12.0. The van der Waals surface area contributed by atoms with Gasteiger partial charge >= 0.3 is 6.55 Å². The molecule has 0 bridgehead atoms. The molecule has 7 heteroatoms. The first-order valence-electron chi connectivity index (χ1n) is 8.09. The quantitative estimate of drug-likeness (QED) is 0.923. The molecule has 3 rings (SSSR count). The van der Waals surface area contributed by atoms with Crippen molar-refractivity contribution in [1.29, 1.82) is 0 Å². The number of ether oxygens (including phenoxy) is 1. The predicted octanol–water partition coefficient (Wildman–Crippen LogP) is 2.77. The molecule has 0 spiro atoms. The lowest BCUT2D eigenvalue weighted by atomic mass is 9.98. The van der Waals surface area contributed by atoms with Crippen molar-refractivity contribution < 1.29 is 23.4 Å². The fourth-order valence-corrected chi connectivity index (χ4v) is 3.29. The third kappa shape index (κ3) is 3.29. The van der Waals surface area contributed by atoms with E-state index in [-0.39, 0.29) is 25.5 Å². The second-order valence-corrected chi connectivity index (χ2v) is 5.95. The van der Waals surface area contributed by atoms with E-state index >= 15 is 0 Å². The third-order valence-corrected chi connectivity index (χ3v) is 4.47. The molecule has 2 unspecified atom stereocenters. The lowest BCUT2D eigenvalue weighted by molar-refractivity contribution is -0.0816. The Morgan fingerprint density at radius 2 is 2.00 bits per heavy atom. The Labute approximate surface area is 144 Å². The van der Waals surface area contributed by atoms with Crippen molar-refractivity contribution in [1.82, 2.24) is 9.47 Å². The summed E-state index contributed by atoms with van der Waals surface area (Å²) in [4.78, 5) is 14.5. The highest BCUT2D eigenvalue weighted by atomic mass is 19.3. The fraction of sp³-hybridized carbons (Fsp3) is 0.389. The summed E-state index contributed by atoms with van der Waals surface area (Å²) in [5.74, 6) is -0.496. The second-order valence-electron chi connectivity index (χ2n) is 5.95. The minimum atomic E-state index is -2.79. The second kappa shape index (κ2) is 7.33. The largest absolute Gasteiger partial charge is 0.394 e. The Hall–Kier alpha value is -2.25. The standard InChI is InChI=1S/C18H20F2N2O3/c1-12-7-8-14(22(12)18(19)20)17(24)21-9-10-25-15(11-23)16(21)13-5-3-2-4-6-13/h2-8,15-16,18,23H,9-11H2,1H3. The van der Waals surface area contributed by atoms with Crippen molar-refractivity contribution in [3.63, 3.8) is 0 Å². The SMILES string of the molecule is Cc1ccc(C(=O)N2CCOC(CO)C2c2ccccc2)n1C(F)F. The van der Waals surface area contributed by atoms with E-state index in [2.05, 4.69) is 0 Å². The van der Waals surface area contributed by atoms with Crippen LogP contribution in [0, 0.1) is 6.92 Å². The number of aliphatic hydroxyl groups is 1. The Morgan fingerprint density at radius 1 is 1.28 bits per heavy atom. The molecule has 1 N–H and O–H groups in total. The van der Waals surface area contributed by atoms with Crippen LogP contribution in [0.3, 0.4) is 0 Å². The Morgan fingerprint density at radius 3 is 2.64 bits per heavy atom. The van der Waals surface area contributed by atoms with Gasteiger partial charge in [0.2, 0.25) is 0 Å². The summed E-state index contributed by atoms with van der Waals surface area (Å²) >= 11 is 0. The van der Waals surface area contributed by atoms with Crippen molar-refractivity contribution in [2.24, 2.45) is 0 Å². The lowest BCUT2D eigenvalue weighted by Crippen LogP contribution is -2.49. The molecule has 0 radical (unpaired) electrons. The van der Waals surface area contributed by atoms with Crippen LogP contribution in [0.4, 0.5) is 8.78 Å². The first kappa shape index (κ1) is 17.6. The van der Waals surface area contributed by atoms with Crippen LogP contribution in [-0.4, -0.2) is 46.3 Å². The smallest absolute Gasteiger partial charge is 0.319 e. The van der Waals surface area contributed by atoms with Gasteiger partial charge in [0.1, 0.15) is 11.8 Å². The zero-order valence-electron chi connectivity index (χ0n) is 13.8. The minimum absolute atomic E-state index is 0.0629. The normalized spacial score (nSPS) is 20.9. The van der Waals surface area contributed by atoms with E-state index in [1.807, 2.05) is 30.3 Å². The highest BCUT2D eigenvalue weighted by molar-refractivity contribution is 5.93. The number of aromatic nitrogens is 1. The van der Waals surface area contributed by atoms with Gasteiger partial charge in [-0.1, -0.05) is 30.3 Å². The van der Waals surface area contributed by atoms with E-state index in [0.717, 1.165) is 10.1 Å². The number of aliphatic hydroxyl groups excluding tert-OH is 1. The van der Waals surface area contributed by atoms with Gasteiger partial charge in [0, 0.05) is 12.2 Å². The molecule has 1 aliphatic rings. The number of morpholine rings is 1. The number of benzene rings is 1. The number of nitrogens with zero attached hydrogens (tertiary/aromatic N) is 2. The third-order valence-electron chi connectivity index (χ3n) is 4.47. The molecule has 1 aromatic heterocycles. The first-order valence-corrected chi connectivity index (χ1v) is 8.09. The van der Waals surface area contributed by atoms with E-state index in [1.54, 1.807) is 0 Å². The zero-order chi connectivity index (χ0) is 18.0. The molecule has 134 valence electrons. The van der Waals surface area contributed by atoms with Gasteiger partial charge in [0.05, 0.1) is 19.3 Å². The summed E-state index contributed by atoms with van der Waals surface area (Å²) in [6, 6.07) is 11.5. The summed E-state index contributed by atoms with van der Waals surface area (Å²) in [6.45, 7) is -1.01. The zero-order valence-corrected chi connectivity index (χ0v) is 13.8. The van der Waals surface area contributed by atoms with E-state index in [4.69, 9.17) is 4.74 Å².